The third kappa shape index (κ3) is 4.56. The molecule has 1 aliphatic heterocycles. The van der Waals surface area contributed by atoms with Gasteiger partial charge < -0.3 is 4.90 Å². The number of carbonyl (C=O) groups excluding carboxylic acids is 1. The first-order valence-electron chi connectivity index (χ1n) is 8.91. The van der Waals surface area contributed by atoms with Crippen LogP contribution >= 0.6 is 0 Å². The Labute approximate surface area is 158 Å². The average molecular weight is 364 g/mol. The number of aromatic nitrogens is 2. The Kier molecular flexibility index (Phi) is 5.60. The van der Waals surface area contributed by atoms with Crippen LogP contribution in [0, 0.1) is 23.1 Å². The van der Waals surface area contributed by atoms with Gasteiger partial charge in [0.15, 0.2) is 11.5 Å². The predicted octanol–water partition coefficient (Wildman–Crippen LogP) is 3.55. The summed E-state index contributed by atoms with van der Waals surface area (Å²) >= 11 is 0. The number of benzene rings is 1. The van der Waals surface area contributed by atoms with Gasteiger partial charge in [-0.2, -0.15) is 5.26 Å². The Bertz CT molecular complexity index is 901. The van der Waals surface area contributed by atoms with Crippen LogP contribution in [0.15, 0.2) is 36.9 Å². The fourth-order valence-electron chi connectivity index (χ4n) is 3.40. The van der Waals surface area contributed by atoms with E-state index in [1.807, 2.05) is 6.07 Å². The molecule has 2 heterocycles. The van der Waals surface area contributed by atoms with Gasteiger partial charge in [0, 0.05) is 31.5 Å². The number of rotatable bonds is 6. The van der Waals surface area contributed by atoms with Crippen LogP contribution < -0.4 is 4.90 Å². The van der Waals surface area contributed by atoms with E-state index < -0.39 is 0 Å². The Hall–Kier alpha value is -3.07. The lowest BCUT2D eigenvalue weighted by molar-refractivity contribution is -0.119. The highest BCUT2D eigenvalue weighted by Gasteiger charge is 2.25. The lowest BCUT2D eigenvalue weighted by atomic mass is 9.96. The van der Waals surface area contributed by atoms with E-state index in [2.05, 4.69) is 21.7 Å². The number of Topliss-reactive ketones (excluding diaryl/α,β-unsaturated/α-hetero) is 1. The number of nitriles is 1. The molecule has 1 aromatic carbocycles. The Morgan fingerprint density at radius 3 is 2.81 bits per heavy atom. The molecule has 1 aliphatic rings. The van der Waals surface area contributed by atoms with Crippen LogP contribution in [0.1, 0.15) is 36.6 Å². The van der Waals surface area contributed by atoms with Crippen molar-refractivity contribution in [2.45, 2.75) is 26.2 Å². The largest absolute Gasteiger partial charge is 0.355 e. The van der Waals surface area contributed by atoms with Crippen molar-refractivity contribution in [1.29, 1.82) is 5.26 Å². The van der Waals surface area contributed by atoms with Gasteiger partial charge in [0.25, 0.3) is 0 Å². The molecule has 0 saturated carbocycles. The zero-order valence-corrected chi connectivity index (χ0v) is 15.3. The van der Waals surface area contributed by atoms with E-state index in [1.165, 1.54) is 6.07 Å². The second-order valence-corrected chi connectivity index (χ2v) is 7.00. The smallest absolute Gasteiger partial charge is 0.163 e. The monoisotopic (exact) mass is 364 g/mol. The first-order chi connectivity index (χ1) is 13.0. The minimum atomic E-state index is -0.334. The number of ketones is 1. The average Bonchev–Trinajstić information content (AvgIpc) is 3.09. The summed E-state index contributed by atoms with van der Waals surface area (Å²) in [5.74, 6) is 0.741. The lowest BCUT2D eigenvalue weighted by Gasteiger charge is -2.16. The summed E-state index contributed by atoms with van der Waals surface area (Å²) in [6.07, 6.45) is 1.60. The summed E-state index contributed by atoms with van der Waals surface area (Å²) in [7, 11) is 0. The summed E-state index contributed by atoms with van der Waals surface area (Å²) in [5.41, 5.74) is 2.13. The fourth-order valence-corrected chi connectivity index (χ4v) is 3.40. The molecule has 1 fully saturated rings. The summed E-state index contributed by atoms with van der Waals surface area (Å²) in [4.78, 5) is 14.5. The molecule has 0 amide bonds. The van der Waals surface area contributed by atoms with Gasteiger partial charge in [0.2, 0.25) is 0 Å². The Morgan fingerprint density at radius 1 is 1.37 bits per heavy atom. The molecule has 27 heavy (non-hydrogen) atoms. The second kappa shape index (κ2) is 8.09. The SMILES string of the molecule is C=C(C)c1ccc(CC(=O)C[C@H]2CCN(c3ccc(C#N)nn3)C2)cc1F. The van der Waals surface area contributed by atoms with Crippen molar-refractivity contribution in [2.75, 3.05) is 18.0 Å². The molecular formula is C21H21FN4O. The van der Waals surface area contributed by atoms with E-state index in [0.29, 0.717) is 23.1 Å². The van der Waals surface area contributed by atoms with Gasteiger partial charge in [-0.3, -0.25) is 4.79 Å². The van der Waals surface area contributed by atoms with Gasteiger partial charge in [-0.15, -0.1) is 10.2 Å². The summed E-state index contributed by atoms with van der Waals surface area (Å²) in [5, 5.41) is 16.7. The number of hydrogen-bond donors (Lipinski definition) is 0. The molecule has 0 aliphatic carbocycles. The summed E-state index contributed by atoms with van der Waals surface area (Å²) in [6, 6.07) is 10.3. The number of hydrogen-bond acceptors (Lipinski definition) is 5. The number of anilines is 1. The van der Waals surface area contributed by atoms with Crippen molar-refractivity contribution >= 4 is 17.2 Å². The molecule has 2 aromatic rings. The Balaban J connectivity index is 1.55. The fraction of sp³-hybridized carbons (Fsp3) is 0.333. The van der Waals surface area contributed by atoms with Crippen LogP contribution in [-0.2, 0) is 11.2 Å². The first kappa shape index (κ1) is 18.7. The number of carbonyl (C=O) groups is 1. The van der Waals surface area contributed by atoms with E-state index in [4.69, 9.17) is 5.26 Å². The topological polar surface area (TPSA) is 69.9 Å². The quantitative estimate of drug-likeness (QED) is 0.784. The number of allylic oxidation sites excluding steroid dienone is 1. The second-order valence-electron chi connectivity index (χ2n) is 7.00. The molecule has 1 saturated heterocycles. The maximum Gasteiger partial charge on any atom is 0.163 e. The summed E-state index contributed by atoms with van der Waals surface area (Å²) < 4.78 is 14.0. The molecule has 6 heteroatoms. The molecule has 0 spiro atoms. The first-order valence-corrected chi connectivity index (χ1v) is 8.91. The van der Waals surface area contributed by atoms with Crippen LogP contribution in [0.3, 0.4) is 0 Å². The normalized spacial score (nSPS) is 16.2. The van der Waals surface area contributed by atoms with Crippen molar-refractivity contribution in [2.24, 2.45) is 5.92 Å². The summed E-state index contributed by atoms with van der Waals surface area (Å²) in [6.45, 7) is 7.04. The Morgan fingerprint density at radius 2 is 2.19 bits per heavy atom. The molecule has 0 unspecified atom stereocenters. The molecule has 5 nitrogen and oxygen atoms in total. The van der Waals surface area contributed by atoms with Gasteiger partial charge in [-0.25, -0.2) is 4.39 Å². The van der Waals surface area contributed by atoms with Crippen LogP contribution in [-0.4, -0.2) is 29.1 Å². The van der Waals surface area contributed by atoms with Crippen molar-refractivity contribution < 1.29 is 9.18 Å². The molecular weight excluding hydrogens is 343 g/mol. The number of halogens is 1. The van der Waals surface area contributed by atoms with Crippen molar-refractivity contribution in [1.82, 2.24) is 10.2 Å². The maximum atomic E-state index is 14.0. The van der Waals surface area contributed by atoms with E-state index in [0.717, 1.165) is 25.3 Å². The molecule has 138 valence electrons. The maximum absolute atomic E-state index is 14.0. The van der Waals surface area contributed by atoms with Gasteiger partial charge in [0.1, 0.15) is 17.7 Å². The highest BCUT2D eigenvalue weighted by Crippen LogP contribution is 2.25. The third-order valence-corrected chi connectivity index (χ3v) is 4.79. The van der Waals surface area contributed by atoms with E-state index in [9.17, 15) is 9.18 Å². The van der Waals surface area contributed by atoms with Gasteiger partial charge >= 0.3 is 0 Å². The van der Waals surface area contributed by atoms with Crippen LogP contribution in [0.4, 0.5) is 10.2 Å². The zero-order chi connectivity index (χ0) is 19.4. The van der Waals surface area contributed by atoms with Crippen molar-refractivity contribution in [3.63, 3.8) is 0 Å². The van der Waals surface area contributed by atoms with E-state index >= 15 is 0 Å². The standard InChI is InChI=1S/C21H21FN4O/c1-14(2)19-5-3-15(11-20(19)22)9-18(27)10-16-7-8-26(13-16)21-6-4-17(12-23)24-25-21/h3-6,11,16H,1,7-10,13H2,2H3/t16-/m1/s1. The molecule has 3 rings (SSSR count). The zero-order valence-electron chi connectivity index (χ0n) is 15.3. The molecule has 1 atom stereocenters. The van der Waals surface area contributed by atoms with E-state index in [1.54, 1.807) is 31.2 Å². The lowest BCUT2D eigenvalue weighted by Crippen LogP contribution is -2.22. The van der Waals surface area contributed by atoms with Gasteiger partial charge in [0.05, 0.1) is 0 Å². The van der Waals surface area contributed by atoms with Crippen molar-refractivity contribution in [3.05, 3.63) is 59.5 Å². The van der Waals surface area contributed by atoms with Crippen LogP contribution in [0.25, 0.3) is 5.57 Å². The van der Waals surface area contributed by atoms with Crippen LogP contribution in [0.5, 0.6) is 0 Å². The highest BCUT2D eigenvalue weighted by molar-refractivity contribution is 5.81. The van der Waals surface area contributed by atoms with Gasteiger partial charge in [-0.1, -0.05) is 18.7 Å². The van der Waals surface area contributed by atoms with Crippen LogP contribution in [0.2, 0.25) is 0 Å². The highest BCUT2D eigenvalue weighted by atomic mass is 19.1. The minimum absolute atomic E-state index is 0.107. The van der Waals surface area contributed by atoms with Crippen molar-refractivity contribution in [3.8, 4) is 6.07 Å². The third-order valence-electron chi connectivity index (χ3n) is 4.79. The molecule has 0 N–H and O–H groups in total. The van der Waals surface area contributed by atoms with Gasteiger partial charge in [-0.05, 0) is 48.6 Å². The molecule has 0 bridgehead atoms. The molecule has 0 radical (unpaired) electrons. The van der Waals surface area contributed by atoms with E-state index in [-0.39, 0.29) is 29.6 Å². The predicted molar refractivity (Wildman–Crippen MR) is 102 cm³/mol. The number of nitrogens with zero attached hydrogens (tertiary/aromatic N) is 4. The molecule has 1 aromatic heterocycles. The minimum Gasteiger partial charge on any atom is -0.355 e.